The molecule has 0 bridgehead atoms. The van der Waals surface area contributed by atoms with Crippen LogP contribution in [0.3, 0.4) is 0 Å². The van der Waals surface area contributed by atoms with Crippen LogP contribution in [0, 0.1) is 0 Å². The number of hydrogen-bond acceptors (Lipinski definition) is 6. The Bertz CT molecular complexity index is 801. The molecule has 156 valence electrons. The van der Waals surface area contributed by atoms with Gasteiger partial charge in [0.1, 0.15) is 10.9 Å². The molecule has 0 aliphatic carbocycles. The molecule has 0 radical (unpaired) electrons. The minimum absolute atomic E-state index is 0.00269. The Balaban J connectivity index is 1.97. The lowest BCUT2D eigenvalue weighted by atomic mass is 10.1. The molecule has 1 fully saturated rings. The first kappa shape index (κ1) is 21.0. The van der Waals surface area contributed by atoms with Crippen molar-refractivity contribution in [3.8, 4) is 0 Å². The molecule has 9 heteroatoms. The summed E-state index contributed by atoms with van der Waals surface area (Å²) in [5.41, 5.74) is 0.614. The van der Waals surface area contributed by atoms with Crippen molar-refractivity contribution >= 4 is 21.6 Å². The van der Waals surface area contributed by atoms with Crippen LogP contribution in [0.25, 0.3) is 0 Å². The molecule has 28 heavy (non-hydrogen) atoms. The number of fused-ring (bicyclic) bond motifs is 3. The Morgan fingerprint density at radius 3 is 2.61 bits per heavy atom. The van der Waals surface area contributed by atoms with Crippen molar-refractivity contribution in [2.45, 2.75) is 29.8 Å². The Morgan fingerprint density at radius 2 is 1.89 bits per heavy atom. The predicted molar refractivity (Wildman–Crippen MR) is 106 cm³/mol. The van der Waals surface area contributed by atoms with Crippen LogP contribution in [0.15, 0.2) is 29.2 Å². The highest BCUT2D eigenvalue weighted by molar-refractivity contribution is 7.89. The Morgan fingerprint density at radius 1 is 1.18 bits per heavy atom. The summed E-state index contributed by atoms with van der Waals surface area (Å²) >= 11 is 0. The Hall–Kier alpha value is -1.68. The van der Waals surface area contributed by atoms with Gasteiger partial charge in [-0.05, 0) is 25.0 Å². The molecule has 2 aliphatic rings. The van der Waals surface area contributed by atoms with Crippen molar-refractivity contribution in [2.24, 2.45) is 0 Å². The van der Waals surface area contributed by atoms with E-state index >= 15 is 0 Å². The lowest BCUT2D eigenvalue weighted by Gasteiger charge is -2.33. The number of likely N-dealkylation sites (N-methyl/N-ethyl adjacent to an activating group) is 1. The summed E-state index contributed by atoms with van der Waals surface area (Å²) in [6.45, 7) is 1.95. The van der Waals surface area contributed by atoms with Gasteiger partial charge in [-0.3, -0.25) is 4.79 Å². The molecule has 0 spiro atoms. The number of benzene rings is 1. The molecule has 2 atom stereocenters. The summed E-state index contributed by atoms with van der Waals surface area (Å²) in [5, 5.41) is 0. The van der Waals surface area contributed by atoms with Crippen LogP contribution < -0.4 is 4.90 Å². The highest BCUT2D eigenvalue weighted by Crippen LogP contribution is 2.40. The van der Waals surface area contributed by atoms with Crippen LogP contribution in [0.2, 0.25) is 0 Å². The maximum atomic E-state index is 13.2. The summed E-state index contributed by atoms with van der Waals surface area (Å²) in [4.78, 5) is 17.0. The van der Waals surface area contributed by atoms with Crippen LogP contribution in [-0.4, -0.2) is 89.7 Å². The van der Waals surface area contributed by atoms with Gasteiger partial charge in [-0.1, -0.05) is 12.1 Å². The third-order valence-corrected chi connectivity index (χ3v) is 7.43. The minimum atomic E-state index is -3.65. The fourth-order valence-corrected chi connectivity index (χ4v) is 5.68. The normalized spacial score (nSPS) is 23.8. The van der Waals surface area contributed by atoms with Gasteiger partial charge in [0.15, 0.2) is 0 Å². The molecule has 1 aromatic carbocycles. The van der Waals surface area contributed by atoms with Gasteiger partial charge in [0.2, 0.25) is 15.9 Å². The minimum Gasteiger partial charge on any atom is -0.383 e. The third kappa shape index (κ3) is 3.89. The molecular weight excluding hydrogens is 382 g/mol. The van der Waals surface area contributed by atoms with E-state index in [0.717, 1.165) is 6.42 Å². The van der Waals surface area contributed by atoms with Crippen molar-refractivity contribution < 1.29 is 22.7 Å². The van der Waals surface area contributed by atoms with Gasteiger partial charge in [0.05, 0.1) is 18.9 Å². The van der Waals surface area contributed by atoms with E-state index in [0.29, 0.717) is 45.0 Å². The number of hydrogen-bond donors (Lipinski definition) is 0. The lowest BCUT2D eigenvalue weighted by molar-refractivity contribution is -0.131. The molecule has 0 unspecified atom stereocenters. The maximum absolute atomic E-state index is 13.2. The number of anilines is 1. The molecule has 2 aliphatic heterocycles. The highest BCUT2D eigenvalue weighted by Gasteiger charge is 2.45. The first-order valence-corrected chi connectivity index (χ1v) is 11.0. The van der Waals surface area contributed by atoms with Gasteiger partial charge in [-0.25, -0.2) is 8.42 Å². The number of carbonyl (C=O) groups excluding carboxylic acids is 1. The van der Waals surface area contributed by atoms with E-state index in [2.05, 4.69) is 0 Å². The van der Waals surface area contributed by atoms with Gasteiger partial charge in [-0.2, -0.15) is 4.31 Å². The topological polar surface area (TPSA) is 79.4 Å². The molecule has 0 N–H and O–H groups in total. The summed E-state index contributed by atoms with van der Waals surface area (Å²) in [7, 11) is 1.28. The van der Waals surface area contributed by atoms with Crippen LogP contribution >= 0.6 is 0 Å². The molecular formula is C19H29N3O5S. The average Bonchev–Trinajstić information content (AvgIpc) is 3.08. The summed E-state index contributed by atoms with van der Waals surface area (Å²) in [6, 6.07) is 6.57. The number of rotatable bonds is 7. The fraction of sp³-hybridized carbons (Fsp3) is 0.632. The molecule has 1 aromatic rings. The largest absolute Gasteiger partial charge is 0.383 e. The molecule has 0 saturated carbocycles. The molecule has 3 rings (SSSR count). The summed E-state index contributed by atoms with van der Waals surface area (Å²) in [5.74, 6) is -0.00269. The van der Waals surface area contributed by atoms with Crippen molar-refractivity contribution in [3.63, 3.8) is 0 Å². The summed E-state index contributed by atoms with van der Waals surface area (Å²) < 4.78 is 38.2. The van der Waals surface area contributed by atoms with Crippen molar-refractivity contribution in [3.05, 3.63) is 24.3 Å². The van der Waals surface area contributed by atoms with E-state index in [1.165, 1.54) is 4.31 Å². The first-order valence-electron chi connectivity index (χ1n) is 9.52. The standard InChI is InChI=1S/C19H29N3O5S/c1-20(10-12-26-2)19(23)17-9-8-15-14-21(11-13-27-3)28(24,25)18-7-5-4-6-16(18)22(15)17/h4-7,15,17H,8-14H2,1-3H3/t15-,17-/m1/s1. The van der Waals surface area contributed by atoms with Crippen molar-refractivity contribution in [2.75, 3.05) is 59.0 Å². The van der Waals surface area contributed by atoms with Gasteiger partial charge in [0.25, 0.3) is 0 Å². The number of sulfonamides is 1. The second-order valence-electron chi connectivity index (χ2n) is 7.23. The lowest BCUT2D eigenvalue weighted by Crippen LogP contribution is -2.49. The second-order valence-corrected chi connectivity index (χ2v) is 9.14. The van der Waals surface area contributed by atoms with Gasteiger partial charge in [-0.15, -0.1) is 0 Å². The Kier molecular flexibility index (Phi) is 6.59. The number of amides is 1. The molecule has 1 saturated heterocycles. The number of methoxy groups -OCH3 is 2. The molecule has 2 heterocycles. The zero-order valence-corrected chi connectivity index (χ0v) is 17.5. The van der Waals surface area contributed by atoms with Gasteiger partial charge >= 0.3 is 0 Å². The smallest absolute Gasteiger partial charge is 0.245 e. The van der Waals surface area contributed by atoms with Crippen LogP contribution in [0.4, 0.5) is 5.69 Å². The average molecular weight is 412 g/mol. The zero-order valence-electron chi connectivity index (χ0n) is 16.7. The van der Waals surface area contributed by atoms with E-state index < -0.39 is 10.0 Å². The highest BCUT2D eigenvalue weighted by atomic mass is 32.2. The molecule has 8 nitrogen and oxygen atoms in total. The third-order valence-electron chi connectivity index (χ3n) is 5.52. The van der Waals surface area contributed by atoms with Crippen LogP contribution in [0.5, 0.6) is 0 Å². The monoisotopic (exact) mass is 411 g/mol. The number of ether oxygens (including phenoxy) is 2. The maximum Gasteiger partial charge on any atom is 0.245 e. The summed E-state index contributed by atoms with van der Waals surface area (Å²) in [6.07, 6.45) is 1.47. The van der Waals surface area contributed by atoms with E-state index in [9.17, 15) is 13.2 Å². The number of nitrogens with zero attached hydrogens (tertiary/aromatic N) is 3. The van der Waals surface area contributed by atoms with E-state index in [1.54, 1.807) is 44.4 Å². The second kappa shape index (κ2) is 8.77. The van der Waals surface area contributed by atoms with Gasteiger partial charge < -0.3 is 19.3 Å². The number of para-hydroxylation sites is 1. The Labute approximate surface area is 167 Å². The van der Waals surface area contributed by atoms with Crippen LogP contribution in [-0.2, 0) is 24.3 Å². The van der Waals surface area contributed by atoms with E-state index in [4.69, 9.17) is 9.47 Å². The van der Waals surface area contributed by atoms with Gasteiger partial charge in [0, 0.05) is 46.9 Å². The predicted octanol–water partition coefficient (Wildman–Crippen LogP) is 0.780. The van der Waals surface area contributed by atoms with Crippen LogP contribution in [0.1, 0.15) is 12.8 Å². The molecule has 0 aromatic heterocycles. The quantitative estimate of drug-likeness (QED) is 0.660. The fourth-order valence-electron chi connectivity index (χ4n) is 4.03. The SMILES string of the molecule is COCCN(C)C(=O)[C@H]1CC[C@@H]2CN(CCOC)S(=O)(=O)c3ccccc3N21. The zero-order chi connectivity index (χ0) is 20.3. The van der Waals surface area contributed by atoms with Crippen molar-refractivity contribution in [1.29, 1.82) is 0 Å². The molecule has 1 amide bonds. The first-order chi connectivity index (χ1) is 13.4. The van der Waals surface area contributed by atoms with Crippen molar-refractivity contribution in [1.82, 2.24) is 9.21 Å². The van der Waals surface area contributed by atoms with E-state index in [-0.39, 0.29) is 22.9 Å². The van der Waals surface area contributed by atoms with E-state index in [1.807, 2.05) is 11.0 Å². The number of carbonyl (C=O) groups is 1.